The summed E-state index contributed by atoms with van der Waals surface area (Å²) >= 11 is 0. The number of aromatic nitrogens is 2. The number of anilines is 1. The summed E-state index contributed by atoms with van der Waals surface area (Å²) in [6, 6.07) is 10.4. The maximum absolute atomic E-state index is 13.7. The Morgan fingerprint density at radius 2 is 2.00 bits per heavy atom. The van der Waals surface area contributed by atoms with Crippen molar-refractivity contribution in [1.29, 1.82) is 0 Å². The minimum atomic E-state index is -0.681. The van der Waals surface area contributed by atoms with Crippen LogP contribution in [0.4, 0.5) is 10.1 Å². The van der Waals surface area contributed by atoms with E-state index in [9.17, 15) is 14.0 Å². The van der Waals surface area contributed by atoms with Gasteiger partial charge in [-0.05, 0) is 36.8 Å². The molecular formula is C22H20FN3O3. The summed E-state index contributed by atoms with van der Waals surface area (Å²) in [4.78, 5) is 30.5. The number of ether oxygens (including phenoxy) is 1. The number of carbonyl (C=O) groups is 2. The van der Waals surface area contributed by atoms with Crippen molar-refractivity contribution in [1.82, 2.24) is 9.55 Å². The van der Waals surface area contributed by atoms with Crippen LogP contribution in [0.5, 0.6) is 0 Å². The number of nitrogens with one attached hydrogen (secondary N) is 1. The Morgan fingerprint density at radius 3 is 2.66 bits per heavy atom. The van der Waals surface area contributed by atoms with Crippen LogP contribution in [0.3, 0.4) is 0 Å². The second kappa shape index (κ2) is 7.50. The van der Waals surface area contributed by atoms with Crippen LogP contribution in [-0.2, 0) is 11.8 Å². The Balaban J connectivity index is 1.88. The third kappa shape index (κ3) is 3.29. The van der Waals surface area contributed by atoms with Crippen molar-refractivity contribution in [3.8, 4) is 0 Å². The fraction of sp³-hybridized carbons (Fsp3) is 0.227. The van der Waals surface area contributed by atoms with Gasteiger partial charge in [-0.2, -0.15) is 0 Å². The van der Waals surface area contributed by atoms with Crippen LogP contribution < -0.4 is 5.32 Å². The number of imidazole rings is 1. The van der Waals surface area contributed by atoms with Gasteiger partial charge in [0.05, 0.1) is 29.7 Å². The summed E-state index contributed by atoms with van der Waals surface area (Å²) in [5.74, 6) is -1.18. The zero-order valence-corrected chi connectivity index (χ0v) is 16.1. The van der Waals surface area contributed by atoms with Gasteiger partial charge < -0.3 is 14.6 Å². The van der Waals surface area contributed by atoms with E-state index in [2.05, 4.69) is 10.3 Å². The zero-order chi connectivity index (χ0) is 20.5. The lowest BCUT2D eigenvalue weighted by Gasteiger charge is -2.34. The van der Waals surface area contributed by atoms with Gasteiger partial charge >= 0.3 is 5.97 Å². The summed E-state index contributed by atoms with van der Waals surface area (Å²) in [6.45, 7) is 1.92. The van der Waals surface area contributed by atoms with E-state index in [1.54, 1.807) is 49.6 Å². The summed E-state index contributed by atoms with van der Waals surface area (Å²) in [6.07, 6.45) is 3.46. The highest BCUT2D eigenvalue weighted by molar-refractivity contribution is 6.14. The van der Waals surface area contributed by atoms with Crippen molar-refractivity contribution in [3.63, 3.8) is 0 Å². The molecule has 2 unspecified atom stereocenters. The Bertz CT molecular complexity index is 1080. The van der Waals surface area contributed by atoms with Crippen LogP contribution in [0.2, 0.25) is 0 Å². The molecule has 1 aromatic heterocycles. The predicted octanol–water partition coefficient (Wildman–Crippen LogP) is 3.87. The topological polar surface area (TPSA) is 73.2 Å². The molecule has 2 heterocycles. The standard InChI is InChI=1S/C22H20FN3O3/c1-3-29-22(28)15-5-4-6-16-18(15)20(27)17(13-7-9-14(23)10-8-13)19(25-16)21-24-11-12-26(21)2/h4-12,17,19,25H,3H2,1-2H3. The number of benzene rings is 2. The molecule has 4 rings (SSSR count). The summed E-state index contributed by atoms with van der Waals surface area (Å²) in [7, 11) is 1.85. The lowest BCUT2D eigenvalue weighted by atomic mass is 9.79. The first kappa shape index (κ1) is 18.9. The lowest BCUT2D eigenvalue weighted by molar-refractivity contribution is 0.0522. The van der Waals surface area contributed by atoms with E-state index in [-0.39, 0.29) is 29.3 Å². The number of fused-ring (bicyclic) bond motifs is 1. The zero-order valence-electron chi connectivity index (χ0n) is 16.1. The molecule has 29 heavy (non-hydrogen) atoms. The molecule has 0 radical (unpaired) electrons. The first-order valence-corrected chi connectivity index (χ1v) is 9.34. The fourth-order valence-electron chi connectivity index (χ4n) is 3.78. The Kier molecular flexibility index (Phi) is 4.88. The van der Waals surface area contributed by atoms with E-state index in [0.717, 1.165) is 0 Å². The Morgan fingerprint density at radius 1 is 1.24 bits per heavy atom. The van der Waals surface area contributed by atoms with Gasteiger partial charge in [0.15, 0.2) is 5.78 Å². The summed E-state index contributed by atoms with van der Waals surface area (Å²) in [5, 5.41) is 3.37. The number of Topliss-reactive ketones (excluding diaryl/α,β-unsaturated/α-hetero) is 1. The molecule has 0 saturated carbocycles. The van der Waals surface area contributed by atoms with Crippen molar-refractivity contribution in [3.05, 3.63) is 83.2 Å². The van der Waals surface area contributed by atoms with Gasteiger partial charge in [-0.3, -0.25) is 4.79 Å². The highest BCUT2D eigenvalue weighted by Gasteiger charge is 2.41. The first-order chi connectivity index (χ1) is 14.0. The number of aryl methyl sites for hydroxylation is 1. The number of rotatable bonds is 4. The fourth-order valence-corrected chi connectivity index (χ4v) is 3.78. The average molecular weight is 393 g/mol. The quantitative estimate of drug-likeness (QED) is 0.681. The van der Waals surface area contributed by atoms with E-state index in [1.807, 2.05) is 11.6 Å². The molecule has 1 aliphatic heterocycles. The van der Waals surface area contributed by atoms with Gasteiger partial charge in [-0.15, -0.1) is 0 Å². The van der Waals surface area contributed by atoms with E-state index in [0.29, 0.717) is 17.1 Å². The molecule has 148 valence electrons. The lowest BCUT2D eigenvalue weighted by Crippen LogP contribution is -2.34. The number of carbonyl (C=O) groups excluding carboxylic acids is 2. The number of hydrogen-bond donors (Lipinski definition) is 1. The maximum Gasteiger partial charge on any atom is 0.338 e. The molecule has 3 aromatic rings. The molecule has 2 atom stereocenters. The van der Waals surface area contributed by atoms with Gasteiger partial charge in [-0.25, -0.2) is 14.2 Å². The number of halogens is 1. The number of hydrogen-bond acceptors (Lipinski definition) is 5. The third-order valence-electron chi connectivity index (χ3n) is 5.10. The Labute approximate surface area is 167 Å². The van der Waals surface area contributed by atoms with E-state index in [1.165, 1.54) is 12.1 Å². The molecule has 7 heteroatoms. The van der Waals surface area contributed by atoms with Crippen LogP contribution in [0.15, 0.2) is 54.9 Å². The van der Waals surface area contributed by atoms with E-state index in [4.69, 9.17) is 4.74 Å². The molecule has 0 amide bonds. The monoisotopic (exact) mass is 393 g/mol. The van der Waals surface area contributed by atoms with Crippen molar-refractivity contribution < 1.29 is 18.7 Å². The molecule has 0 fully saturated rings. The van der Waals surface area contributed by atoms with Crippen LogP contribution in [0.1, 0.15) is 51.0 Å². The van der Waals surface area contributed by atoms with Crippen LogP contribution in [-0.4, -0.2) is 27.9 Å². The van der Waals surface area contributed by atoms with Crippen LogP contribution in [0.25, 0.3) is 0 Å². The molecule has 6 nitrogen and oxygen atoms in total. The number of ketones is 1. The van der Waals surface area contributed by atoms with Crippen molar-refractivity contribution in [2.75, 3.05) is 11.9 Å². The smallest absolute Gasteiger partial charge is 0.338 e. The normalized spacial score (nSPS) is 18.1. The summed E-state index contributed by atoms with van der Waals surface area (Å²) < 4.78 is 20.5. The van der Waals surface area contributed by atoms with Crippen molar-refractivity contribution in [2.24, 2.45) is 7.05 Å². The number of nitrogens with zero attached hydrogens (tertiary/aromatic N) is 2. The SMILES string of the molecule is CCOC(=O)c1cccc2c1C(=O)C(c1ccc(F)cc1)C(c1nccn1C)N2. The maximum atomic E-state index is 13.7. The highest BCUT2D eigenvalue weighted by Crippen LogP contribution is 2.43. The van der Waals surface area contributed by atoms with Crippen molar-refractivity contribution in [2.45, 2.75) is 18.9 Å². The molecule has 0 bridgehead atoms. The van der Waals surface area contributed by atoms with Crippen LogP contribution >= 0.6 is 0 Å². The minimum absolute atomic E-state index is 0.210. The molecule has 0 saturated heterocycles. The van der Waals surface area contributed by atoms with Gasteiger partial charge in [0, 0.05) is 25.1 Å². The summed E-state index contributed by atoms with van der Waals surface area (Å²) in [5.41, 5.74) is 1.69. The number of esters is 1. The van der Waals surface area contributed by atoms with Gasteiger partial charge in [-0.1, -0.05) is 18.2 Å². The van der Waals surface area contributed by atoms with Gasteiger partial charge in [0.1, 0.15) is 11.6 Å². The van der Waals surface area contributed by atoms with Gasteiger partial charge in [0.25, 0.3) is 0 Å². The van der Waals surface area contributed by atoms with E-state index < -0.39 is 17.9 Å². The average Bonchev–Trinajstić information content (AvgIpc) is 3.14. The van der Waals surface area contributed by atoms with Gasteiger partial charge in [0.2, 0.25) is 0 Å². The predicted molar refractivity (Wildman–Crippen MR) is 105 cm³/mol. The van der Waals surface area contributed by atoms with E-state index >= 15 is 0 Å². The third-order valence-corrected chi connectivity index (χ3v) is 5.10. The molecule has 1 aliphatic rings. The minimum Gasteiger partial charge on any atom is -0.462 e. The van der Waals surface area contributed by atoms with Crippen LogP contribution in [0, 0.1) is 5.82 Å². The molecule has 1 N–H and O–H groups in total. The Hall–Kier alpha value is -3.48. The molecule has 0 aliphatic carbocycles. The second-order valence-corrected chi connectivity index (χ2v) is 6.86. The highest BCUT2D eigenvalue weighted by atomic mass is 19.1. The largest absolute Gasteiger partial charge is 0.462 e. The first-order valence-electron chi connectivity index (χ1n) is 9.34. The molecular weight excluding hydrogens is 373 g/mol. The molecule has 2 aromatic carbocycles. The van der Waals surface area contributed by atoms with Crippen molar-refractivity contribution >= 4 is 17.4 Å². The molecule has 0 spiro atoms. The second-order valence-electron chi connectivity index (χ2n) is 6.86.